The number of carboxylic acid groups (broad SMARTS) is 1. The van der Waals surface area contributed by atoms with Crippen LogP contribution in [0.5, 0.6) is 5.75 Å². The highest BCUT2D eigenvalue weighted by Crippen LogP contribution is 2.11. The Morgan fingerprint density at radius 1 is 1.29 bits per heavy atom. The van der Waals surface area contributed by atoms with Gasteiger partial charge in [0.1, 0.15) is 18.1 Å². The number of ether oxygens (including phenoxy) is 1. The van der Waals surface area contributed by atoms with Crippen LogP contribution >= 0.6 is 0 Å². The van der Waals surface area contributed by atoms with Gasteiger partial charge in [0.2, 0.25) is 0 Å². The van der Waals surface area contributed by atoms with Crippen molar-refractivity contribution in [2.75, 3.05) is 40.3 Å². The Morgan fingerprint density at radius 2 is 2.00 bits per heavy atom. The Hall–Kier alpha value is -2.15. The average molecular weight is 298 g/mol. The zero-order valence-corrected chi connectivity index (χ0v) is 12.1. The Labute approximate surface area is 122 Å². The van der Waals surface area contributed by atoms with Crippen LogP contribution in [0.4, 0.5) is 4.39 Å². The SMILES string of the molecule is CN(C)CCN(CC(=O)O)C(=O)COc1cccc(F)c1. The fourth-order valence-corrected chi connectivity index (χ4v) is 1.57. The summed E-state index contributed by atoms with van der Waals surface area (Å²) in [5, 5.41) is 8.82. The van der Waals surface area contributed by atoms with Gasteiger partial charge in [0.05, 0.1) is 0 Å². The number of aliphatic carboxylic acids is 1. The second-order valence-corrected chi connectivity index (χ2v) is 4.76. The van der Waals surface area contributed by atoms with E-state index in [4.69, 9.17) is 9.84 Å². The quantitative estimate of drug-likeness (QED) is 0.764. The molecule has 7 heteroatoms. The van der Waals surface area contributed by atoms with Crippen molar-refractivity contribution in [3.63, 3.8) is 0 Å². The van der Waals surface area contributed by atoms with Gasteiger partial charge in [0.15, 0.2) is 6.61 Å². The summed E-state index contributed by atoms with van der Waals surface area (Å²) >= 11 is 0. The molecule has 21 heavy (non-hydrogen) atoms. The number of carboxylic acids is 1. The van der Waals surface area contributed by atoms with E-state index in [9.17, 15) is 14.0 Å². The van der Waals surface area contributed by atoms with Crippen molar-refractivity contribution in [1.82, 2.24) is 9.80 Å². The molecule has 0 spiro atoms. The Morgan fingerprint density at radius 3 is 2.57 bits per heavy atom. The van der Waals surface area contributed by atoms with E-state index in [0.717, 1.165) is 6.07 Å². The van der Waals surface area contributed by atoms with Crippen molar-refractivity contribution in [3.8, 4) is 5.75 Å². The van der Waals surface area contributed by atoms with E-state index in [1.165, 1.54) is 23.1 Å². The number of rotatable bonds is 8. The molecule has 0 atom stereocenters. The van der Waals surface area contributed by atoms with Crippen molar-refractivity contribution in [3.05, 3.63) is 30.1 Å². The smallest absolute Gasteiger partial charge is 0.323 e. The van der Waals surface area contributed by atoms with Gasteiger partial charge in [0, 0.05) is 19.2 Å². The third-order valence-electron chi connectivity index (χ3n) is 2.65. The maximum Gasteiger partial charge on any atom is 0.323 e. The Bertz CT molecular complexity index is 494. The van der Waals surface area contributed by atoms with Crippen molar-refractivity contribution in [2.24, 2.45) is 0 Å². The van der Waals surface area contributed by atoms with Crippen LogP contribution in [-0.4, -0.2) is 67.1 Å². The molecule has 6 nitrogen and oxygen atoms in total. The number of benzene rings is 1. The summed E-state index contributed by atoms with van der Waals surface area (Å²) in [4.78, 5) is 25.8. The molecular formula is C14H19FN2O4. The summed E-state index contributed by atoms with van der Waals surface area (Å²) in [5.74, 6) is -1.78. The second kappa shape index (κ2) is 8.21. The molecule has 0 aliphatic carbocycles. The van der Waals surface area contributed by atoms with Crippen LogP contribution in [0.2, 0.25) is 0 Å². The van der Waals surface area contributed by atoms with Crippen LogP contribution in [0.3, 0.4) is 0 Å². The van der Waals surface area contributed by atoms with Crippen molar-refractivity contribution < 1.29 is 23.8 Å². The van der Waals surface area contributed by atoms with Gasteiger partial charge in [-0.15, -0.1) is 0 Å². The first kappa shape index (κ1) is 16.9. The highest BCUT2D eigenvalue weighted by atomic mass is 19.1. The fraction of sp³-hybridized carbons (Fsp3) is 0.429. The molecule has 1 amide bonds. The number of likely N-dealkylation sites (N-methyl/N-ethyl adjacent to an activating group) is 1. The van der Waals surface area contributed by atoms with Crippen LogP contribution in [0.25, 0.3) is 0 Å². The lowest BCUT2D eigenvalue weighted by Crippen LogP contribution is -2.42. The van der Waals surface area contributed by atoms with Crippen molar-refractivity contribution >= 4 is 11.9 Å². The first-order chi connectivity index (χ1) is 9.88. The summed E-state index contributed by atoms with van der Waals surface area (Å²) in [5.41, 5.74) is 0. The monoisotopic (exact) mass is 298 g/mol. The second-order valence-electron chi connectivity index (χ2n) is 4.76. The molecule has 0 bridgehead atoms. The minimum Gasteiger partial charge on any atom is -0.484 e. The molecule has 0 heterocycles. The maximum absolute atomic E-state index is 13.0. The molecule has 0 radical (unpaired) electrons. The molecular weight excluding hydrogens is 279 g/mol. The van der Waals surface area contributed by atoms with Crippen molar-refractivity contribution in [1.29, 1.82) is 0 Å². The van der Waals surface area contributed by atoms with Crippen LogP contribution < -0.4 is 4.74 Å². The van der Waals surface area contributed by atoms with Gasteiger partial charge in [-0.3, -0.25) is 9.59 Å². The third-order valence-corrected chi connectivity index (χ3v) is 2.65. The lowest BCUT2D eigenvalue weighted by molar-refractivity contribution is -0.145. The number of hydrogen-bond donors (Lipinski definition) is 1. The lowest BCUT2D eigenvalue weighted by atomic mass is 10.3. The van der Waals surface area contributed by atoms with Gasteiger partial charge in [0.25, 0.3) is 5.91 Å². The Balaban J connectivity index is 2.56. The van der Waals surface area contributed by atoms with Gasteiger partial charge in [-0.25, -0.2) is 4.39 Å². The first-order valence-corrected chi connectivity index (χ1v) is 6.41. The number of amides is 1. The topological polar surface area (TPSA) is 70.1 Å². The van der Waals surface area contributed by atoms with Crippen LogP contribution in [0.15, 0.2) is 24.3 Å². The van der Waals surface area contributed by atoms with E-state index in [1.807, 2.05) is 19.0 Å². The number of nitrogens with zero attached hydrogens (tertiary/aromatic N) is 2. The van der Waals surface area contributed by atoms with Crippen LogP contribution in [0, 0.1) is 5.82 Å². The summed E-state index contributed by atoms with van der Waals surface area (Å²) in [6.45, 7) is 0.104. The zero-order valence-electron chi connectivity index (χ0n) is 12.1. The van der Waals surface area contributed by atoms with E-state index in [0.29, 0.717) is 6.54 Å². The largest absolute Gasteiger partial charge is 0.484 e. The molecule has 1 aromatic carbocycles. The standard InChI is InChI=1S/C14H19FN2O4/c1-16(2)6-7-17(9-14(19)20)13(18)10-21-12-5-3-4-11(15)8-12/h3-5,8H,6-7,9-10H2,1-2H3,(H,19,20). The molecule has 0 aliphatic rings. The number of carbonyl (C=O) groups excluding carboxylic acids is 1. The lowest BCUT2D eigenvalue weighted by Gasteiger charge is -2.22. The number of carbonyl (C=O) groups is 2. The first-order valence-electron chi connectivity index (χ1n) is 6.41. The van der Waals surface area contributed by atoms with Gasteiger partial charge in [-0.1, -0.05) is 6.07 Å². The van der Waals surface area contributed by atoms with E-state index in [-0.39, 0.29) is 25.4 Å². The number of halogens is 1. The van der Waals surface area contributed by atoms with E-state index in [2.05, 4.69) is 0 Å². The van der Waals surface area contributed by atoms with Gasteiger partial charge < -0.3 is 19.6 Å². The molecule has 0 aromatic heterocycles. The van der Waals surface area contributed by atoms with Crippen molar-refractivity contribution in [2.45, 2.75) is 0 Å². The molecule has 0 saturated carbocycles. The third kappa shape index (κ3) is 6.71. The highest BCUT2D eigenvalue weighted by molar-refractivity contribution is 5.82. The molecule has 0 fully saturated rings. The van der Waals surface area contributed by atoms with Crippen LogP contribution in [-0.2, 0) is 9.59 Å². The summed E-state index contributed by atoms with van der Waals surface area (Å²) in [6.07, 6.45) is 0. The predicted octanol–water partition coefficient (Wildman–Crippen LogP) is 0.679. The fourth-order valence-electron chi connectivity index (χ4n) is 1.57. The normalized spacial score (nSPS) is 10.5. The average Bonchev–Trinajstić information content (AvgIpc) is 2.40. The molecule has 1 aromatic rings. The highest BCUT2D eigenvalue weighted by Gasteiger charge is 2.17. The zero-order chi connectivity index (χ0) is 15.8. The minimum atomic E-state index is -1.09. The van der Waals surface area contributed by atoms with E-state index < -0.39 is 17.7 Å². The molecule has 0 aliphatic heterocycles. The summed E-state index contributed by atoms with van der Waals surface area (Å²) in [6, 6.07) is 5.42. The molecule has 0 unspecified atom stereocenters. The van der Waals surface area contributed by atoms with Gasteiger partial charge in [-0.2, -0.15) is 0 Å². The summed E-state index contributed by atoms with van der Waals surface area (Å²) < 4.78 is 18.2. The molecule has 1 N–H and O–H groups in total. The van der Waals surface area contributed by atoms with E-state index in [1.54, 1.807) is 0 Å². The minimum absolute atomic E-state index is 0.228. The number of hydrogen-bond acceptors (Lipinski definition) is 4. The summed E-state index contributed by atoms with van der Waals surface area (Å²) in [7, 11) is 3.65. The van der Waals surface area contributed by atoms with Crippen LogP contribution in [0.1, 0.15) is 0 Å². The molecule has 0 saturated heterocycles. The Kier molecular flexibility index (Phi) is 6.61. The van der Waals surface area contributed by atoms with Gasteiger partial charge in [-0.05, 0) is 26.2 Å². The predicted molar refractivity (Wildman–Crippen MR) is 74.7 cm³/mol. The maximum atomic E-state index is 13.0. The van der Waals surface area contributed by atoms with E-state index >= 15 is 0 Å². The van der Waals surface area contributed by atoms with Gasteiger partial charge >= 0.3 is 5.97 Å². The molecule has 116 valence electrons. The molecule has 1 rings (SSSR count).